The second-order valence-corrected chi connectivity index (χ2v) is 7.63. The van der Waals surface area contributed by atoms with E-state index < -0.39 is 6.04 Å². The minimum Gasteiger partial charge on any atom is -0.350 e. The summed E-state index contributed by atoms with van der Waals surface area (Å²) in [5.74, 6) is -0.0935. The highest BCUT2D eigenvalue weighted by Gasteiger charge is 2.32. The molecule has 6 nitrogen and oxygen atoms in total. The molecule has 1 N–H and O–H groups in total. The van der Waals surface area contributed by atoms with E-state index in [2.05, 4.69) is 22.4 Å². The molecule has 0 radical (unpaired) electrons. The fourth-order valence-corrected chi connectivity index (χ4v) is 3.92. The molecule has 1 aliphatic rings. The largest absolute Gasteiger partial charge is 0.350 e. The molecule has 4 rings (SSSR count). The summed E-state index contributed by atoms with van der Waals surface area (Å²) in [6.45, 7) is 1.77. The van der Waals surface area contributed by atoms with Gasteiger partial charge in [0.25, 0.3) is 0 Å². The molecule has 154 valence electrons. The number of carbonyl (C=O) groups excluding carboxylic acids is 2. The summed E-state index contributed by atoms with van der Waals surface area (Å²) in [5.41, 5.74) is 3.02. The predicted octanol–water partition coefficient (Wildman–Crippen LogP) is 3.30. The Morgan fingerprint density at radius 2 is 1.90 bits per heavy atom. The van der Waals surface area contributed by atoms with E-state index in [-0.39, 0.29) is 11.8 Å². The fourth-order valence-electron chi connectivity index (χ4n) is 3.92. The van der Waals surface area contributed by atoms with Crippen LogP contribution in [0.5, 0.6) is 0 Å². The summed E-state index contributed by atoms with van der Waals surface area (Å²) in [7, 11) is 0. The zero-order valence-electron chi connectivity index (χ0n) is 16.9. The number of imidazole rings is 1. The van der Waals surface area contributed by atoms with Gasteiger partial charge in [0.2, 0.25) is 11.8 Å². The lowest BCUT2D eigenvalue weighted by Crippen LogP contribution is -2.45. The molecule has 1 saturated heterocycles. The van der Waals surface area contributed by atoms with Gasteiger partial charge in [0.05, 0.1) is 6.33 Å². The highest BCUT2D eigenvalue weighted by atomic mass is 16.2. The maximum absolute atomic E-state index is 13.2. The lowest BCUT2D eigenvalue weighted by Gasteiger charge is -2.34. The summed E-state index contributed by atoms with van der Waals surface area (Å²) >= 11 is 0. The number of carbonyl (C=O) groups is 2. The van der Waals surface area contributed by atoms with Crippen LogP contribution in [0.15, 0.2) is 73.3 Å². The molecule has 2 amide bonds. The van der Waals surface area contributed by atoms with E-state index in [1.165, 1.54) is 0 Å². The molecule has 0 aliphatic carbocycles. The second-order valence-electron chi connectivity index (χ2n) is 7.63. The predicted molar refractivity (Wildman–Crippen MR) is 114 cm³/mol. The molecule has 1 atom stereocenters. The summed E-state index contributed by atoms with van der Waals surface area (Å²) in [5, 5.41) is 3.05. The quantitative estimate of drug-likeness (QED) is 0.659. The topological polar surface area (TPSA) is 67.2 Å². The molecule has 6 heteroatoms. The molecule has 2 aromatic carbocycles. The van der Waals surface area contributed by atoms with E-state index in [1.807, 2.05) is 53.2 Å². The van der Waals surface area contributed by atoms with Crippen LogP contribution in [0.2, 0.25) is 0 Å². The van der Waals surface area contributed by atoms with Gasteiger partial charge in [-0.1, -0.05) is 54.6 Å². The third-order valence-electron chi connectivity index (χ3n) is 5.42. The van der Waals surface area contributed by atoms with Crippen molar-refractivity contribution in [2.75, 3.05) is 6.54 Å². The fraction of sp³-hybridized carbons (Fsp3) is 0.292. The lowest BCUT2D eigenvalue weighted by molar-refractivity contribution is -0.142. The number of aromatic nitrogens is 2. The van der Waals surface area contributed by atoms with E-state index in [0.29, 0.717) is 19.5 Å². The highest BCUT2D eigenvalue weighted by Crippen LogP contribution is 2.26. The van der Waals surface area contributed by atoms with E-state index >= 15 is 0 Å². The van der Waals surface area contributed by atoms with Crippen LogP contribution in [0.25, 0.3) is 0 Å². The minimum atomic E-state index is -0.590. The molecule has 30 heavy (non-hydrogen) atoms. The van der Waals surface area contributed by atoms with Crippen LogP contribution >= 0.6 is 0 Å². The molecule has 3 aromatic rings. The molecule has 1 fully saturated rings. The molecular formula is C24H26N4O2. The van der Waals surface area contributed by atoms with Gasteiger partial charge in [-0.25, -0.2) is 4.98 Å². The number of piperidine rings is 1. The minimum absolute atomic E-state index is 0.0487. The highest BCUT2D eigenvalue weighted by molar-refractivity contribution is 5.89. The van der Waals surface area contributed by atoms with Crippen LogP contribution in [0.1, 0.15) is 42.0 Å². The van der Waals surface area contributed by atoms with Gasteiger partial charge in [-0.05, 0) is 29.5 Å². The van der Waals surface area contributed by atoms with Crippen molar-refractivity contribution in [3.63, 3.8) is 0 Å². The molecule has 1 aromatic heterocycles. The van der Waals surface area contributed by atoms with Crippen molar-refractivity contribution in [3.05, 3.63) is 90.0 Å². The molecule has 1 aliphatic heterocycles. The first kappa shape index (κ1) is 19.9. The number of hydrogen-bond donors (Lipinski definition) is 1. The first-order valence-corrected chi connectivity index (χ1v) is 10.4. The number of hydrogen-bond acceptors (Lipinski definition) is 3. The number of nitrogens with one attached hydrogen (secondary N) is 1. The number of likely N-dealkylation sites (tertiary alicyclic amines) is 1. The Morgan fingerprint density at radius 3 is 2.67 bits per heavy atom. The van der Waals surface area contributed by atoms with E-state index in [9.17, 15) is 9.59 Å². The Kier molecular flexibility index (Phi) is 6.23. The summed E-state index contributed by atoms with van der Waals surface area (Å²) in [6, 6.07) is 17.1. The van der Waals surface area contributed by atoms with E-state index in [4.69, 9.17) is 0 Å². The van der Waals surface area contributed by atoms with Gasteiger partial charge in [0.1, 0.15) is 6.04 Å². The van der Waals surface area contributed by atoms with Gasteiger partial charge in [0.15, 0.2) is 0 Å². The summed E-state index contributed by atoms with van der Waals surface area (Å²) in [6.07, 6.45) is 7.80. The molecular weight excluding hydrogens is 376 g/mol. The number of rotatable bonds is 7. The summed E-state index contributed by atoms with van der Waals surface area (Å²) < 4.78 is 2.01. The Morgan fingerprint density at radius 1 is 1.07 bits per heavy atom. The zero-order chi connectivity index (χ0) is 20.8. The number of nitrogens with zero attached hydrogens (tertiary/aromatic N) is 3. The SMILES string of the molecule is O=C(NCc1cccc(Cn2ccnc2)c1)C(c1ccccc1)N1CCCCC1=O. The van der Waals surface area contributed by atoms with Crippen LogP contribution in [-0.4, -0.2) is 32.8 Å². The van der Waals surface area contributed by atoms with Crippen molar-refractivity contribution in [3.8, 4) is 0 Å². The maximum atomic E-state index is 13.2. The molecule has 1 unspecified atom stereocenters. The molecule has 0 saturated carbocycles. The van der Waals surface area contributed by atoms with Crippen LogP contribution in [0.3, 0.4) is 0 Å². The van der Waals surface area contributed by atoms with Crippen LogP contribution in [0, 0.1) is 0 Å². The van der Waals surface area contributed by atoms with E-state index in [1.54, 1.807) is 17.4 Å². The van der Waals surface area contributed by atoms with Crippen LogP contribution in [-0.2, 0) is 22.7 Å². The van der Waals surface area contributed by atoms with Gasteiger partial charge in [0, 0.05) is 38.4 Å². The van der Waals surface area contributed by atoms with E-state index in [0.717, 1.165) is 36.1 Å². The number of benzene rings is 2. The average Bonchev–Trinajstić information content (AvgIpc) is 3.28. The Balaban J connectivity index is 1.47. The Hall–Kier alpha value is -3.41. The molecule has 0 spiro atoms. The van der Waals surface area contributed by atoms with Crippen molar-refractivity contribution in [2.45, 2.75) is 38.4 Å². The van der Waals surface area contributed by atoms with Crippen molar-refractivity contribution >= 4 is 11.8 Å². The van der Waals surface area contributed by atoms with Gasteiger partial charge in [-0.3, -0.25) is 9.59 Å². The van der Waals surface area contributed by atoms with Crippen molar-refractivity contribution in [2.24, 2.45) is 0 Å². The van der Waals surface area contributed by atoms with Crippen LogP contribution in [0.4, 0.5) is 0 Å². The van der Waals surface area contributed by atoms with Gasteiger partial charge in [-0.2, -0.15) is 0 Å². The lowest BCUT2D eigenvalue weighted by atomic mass is 10.0. The van der Waals surface area contributed by atoms with Gasteiger partial charge < -0.3 is 14.8 Å². The second kappa shape index (κ2) is 9.39. The molecule has 2 heterocycles. The van der Waals surface area contributed by atoms with Gasteiger partial charge >= 0.3 is 0 Å². The average molecular weight is 402 g/mol. The van der Waals surface area contributed by atoms with Crippen molar-refractivity contribution < 1.29 is 9.59 Å². The zero-order valence-corrected chi connectivity index (χ0v) is 16.9. The Bertz CT molecular complexity index is 985. The monoisotopic (exact) mass is 402 g/mol. The molecule has 0 bridgehead atoms. The third-order valence-corrected chi connectivity index (χ3v) is 5.42. The van der Waals surface area contributed by atoms with Crippen LogP contribution < -0.4 is 5.32 Å². The third kappa shape index (κ3) is 4.76. The smallest absolute Gasteiger partial charge is 0.247 e. The van der Waals surface area contributed by atoms with Crippen molar-refractivity contribution in [1.82, 2.24) is 19.8 Å². The van der Waals surface area contributed by atoms with Gasteiger partial charge in [-0.15, -0.1) is 0 Å². The number of amides is 2. The normalized spacial score (nSPS) is 15.1. The first-order chi connectivity index (χ1) is 14.7. The first-order valence-electron chi connectivity index (χ1n) is 10.4. The van der Waals surface area contributed by atoms with Crippen molar-refractivity contribution in [1.29, 1.82) is 0 Å². The maximum Gasteiger partial charge on any atom is 0.247 e. The summed E-state index contributed by atoms with van der Waals surface area (Å²) in [4.78, 5) is 31.5. The standard InChI is InChI=1S/C24H26N4O2/c29-22-11-4-5-13-28(22)23(21-9-2-1-3-10-21)24(30)26-16-19-7-6-8-20(15-19)17-27-14-12-25-18-27/h1-3,6-10,12,14-15,18,23H,4-5,11,13,16-17H2,(H,26,30). The Labute approximate surface area is 176 Å².